The average molecular weight is 407 g/mol. The molecule has 10 heteroatoms. The maximum absolute atomic E-state index is 12.4. The highest BCUT2D eigenvalue weighted by molar-refractivity contribution is 7.92. The molecule has 1 aromatic carbocycles. The van der Waals surface area contributed by atoms with Gasteiger partial charge in [-0.25, -0.2) is 16.8 Å². The predicted octanol–water partition coefficient (Wildman–Crippen LogP) is 1.19. The van der Waals surface area contributed by atoms with Crippen molar-refractivity contribution in [2.75, 3.05) is 28.1 Å². The molecule has 0 spiro atoms. The van der Waals surface area contributed by atoms with Crippen molar-refractivity contribution >= 4 is 43.1 Å². The van der Waals surface area contributed by atoms with E-state index >= 15 is 0 Å². The number of carbonyl (C=O) groups excluding carboxylic acids is 1. The van der Waals surface area contributed by atoms with Gasteiger partial charge < -0.3 is 5.32 Å². The summed E-state index contributed by atoms with van der Waals surface area (Å²) in [5, 5.41) is 2.95. The minimum Gasteiger partial charge on any atom is -0.348 e. The number of rotatable bonds is 3. The average Bonchev–Trinajstić information content (AvgIpc) is 2.86. The van der Waals surface area contributed by atoms with Gasteiger partial charge in [0.2, 0.25) is 10.0 Å². The molecule has 2 heterocycles. The molecule has 1 aromatic rings. The molecular formula is C15H19ClN2O5S2. The van der Waals surface area contributed by atoms with Gasteiger partial charge in [0.05, 0.1) is 28.0 Å². The first-order valence-electron chi connectivity index (χ1n) is 7.99. The minimum absolute atomic E-state index is 0.0552. The molecule has 0 aliphatic carbocycles. The second kappa shape index (κ2) is 6.77. The molecule has 138 valence electrons. The molecule has 1 atom stereocenters. The first kappa shape index (κ1) is 18.5. The van der Waals surface area contributed by atoms with Gasteiger partial charge in [-0.05, 0) is 37.5 Å². The molecule has 2 fully saturated rings. The lowest BCUT2D eigenvalue weighted by atomic mass is 10.1. The molecule has 25 heavy (non-hydrogen) atoms. The number of sulfone groups is 1. The Labute approximate surface area is 152 Å². The Kier molecular flexibility index (Phi) is 5.00. The van der Waals surface area contributed by atoms with Gasteiger partial charge in [-0.3, -0.25) is 9.10 Å². The molecule has 1 N–H and O–H groups in total. The number of sulfonamides is 1. The molecule has 2 saturated heterocycles. The number of hydrogen-bond donors (Lipinski definition) is 1. The molecule has 0 aromatic heterocycles. The summed E-state index contributed by atoms with van der Waals surface area (Å²) in [6.07, 6.45) is 1.72. The van der Waals surface area contributed by atoms with E-state index in [-0.39, 0.29) is 33.5 Å². The van der Waals surface area contributed by atoms with Gasteiger partial charge in [-0.1, -0.05) is 11.6 Å². The highest BCUT2D eigenvalue weighted by Crippen LogP contribution is 2.31. The summed E-state index contributed by atoms with van der Waals surface area (Å²) in [6, 6.07) is 4.02. The van der Waals surface area contributed by atoms with E-state index in [0.29, 0.717) is 19.4 Å². The lowest BCUT2D eigenvalue weighted by molar-refractivity contribution is 0.0941. The van der Waals surface area contributed by atoms with Gasteiger partial charge in [0.15, 0.2) is 9.84 Å². The fourth-order valence-electron chi connectivity index (χ4n) is 3.08. The van der Waals surface area contributed by atoms with Crippen LogP contribution in [0.1, 0.15) is 29.6 Å². The minimum atomic E-state index is -3.44. The molecule has 0 saturated carbocycles. The number of amides is 1. The Morgan fingerprint density at radius 3 is 2.56 bits per heavy atom. The summed E-state index contributed by atoms with van der Waals surface area (Å²) < 4.78 is 48.8. The number of benzene rings is 1. The van der Waals surface area contributed by atoms with Crippen molar-refractivity contribution in [3.05, 3.63) is 28.8 Å². The zero-order valence-electron chi connectivity index (χ0n) is 13.4. The van der Waals surface area contributed by atoms with Gasteiger partial charge in [0, 0.05) is 18.2 Å². The van der Waals surface area contributed by atoms with Crippen LogP contribution in [0.15, 0.2) is 18.2 Å². The number of hydrogen-bond acceptors (Lipinski definition) is 5. The van der Waals surface area contributed by atoms with Crippen LogP contribution in [0, 0.1) is 0 Å². The van der Waals surface area contributed by atoms with E-state index in [9.17, 15) is 21.6 Å². The van der Waals surface area contributed by atoms with Crippen LogP contribution < -0.4 is 9.62 Å². The van der Waals surface area contributed by atoms with Crippen molar-refractivity contribution in [1.82, 2.24) is 5.32 Å². The van der Waals surface area contributed by atoms with E-state index in [0.717, 1.165) is 6.42 Å². The summed E-state index contributed by atoms with van der Waals surface area (Å²) in [7, 11) is -6.54. The van der Waals surface area contributed by atoms with E-state index in [1.54, 1.807) is 0 Å². The van der Waals surface area contributed by atoms with Crippen molar-refractivity contribution in [3.8, 4) is 0 Å². The third kappa shape index (κ3) is 4.09. The zero-order valence-corrected chi connectivity index (χ0v) is 15.8. The van der Waals surface area contributed by atoms with Crippen molar-refractivity contribution in [2.45, 2.75) is 25.3 Å². The second-order valence-corrected chi connectivity index (χ2v) is 11.0. The summed E-state index contributed by atoms with van der Waals surface area (Å²) in [4.78, 5) is 12.4. The molecule has 0 bridgehead atoms. The zero-order chi connectivity index (χ0) is 18.2. The monoisotopic (exact) mass is 406 g/mol. The van der Waals surface area contributed by atoms with Gasteiger partial charge in [0.1, 0.15) is 0 Å². The van der Waals surface area contributed by atoms with E-state index in [1.807, 2.05) is 0 Å². The third-order valence-electron chi connectivity index (χ3n) is 4.39. The van der Waals surface area contributed by atoms with E-state index < -0.39 is 31.8 Å². The lowest BCUT2D eigenvalue weighted by Gasteiger charge is -2.29. The van der Waals surface area contributed by atoms with Crippen LogP contribution in [0.2, 0.25) is 5.02 Å². The fraction of sp³-hybridized carbons (Fsp3) is 0.533. The molecule has 3 rings (SSSR count). The van der Waals surface area contributed by atoms with E-state index in [4.69, 9.17) is 11.6 Å². The number of nitrogens with one attached hydrogen (secondary N) is 1. The maximum atomic E-state index is 12.4. The molecule has 2 aliphatic rings. The molecule has 0 unspecified atom stereocenters. The normalized spacial score (nSPS) is 24.8. The topological polar surface area (TPSA) is 101 Å². The van der Waals surface area contributed by atoms with Crippen LogP contribution in [0.25, 0.3) is 0 Å². The van der Waals surface area contributed by atoms with Crippen LogP contribution in [0.3, 0.4) is 0 Å². The van der Waals surface area contributed by atoms with Crippen molar-refractivity contribution in [1.29, 1.82) is 0 Å². The maximum Gasteiger partial charge on any atom is 0.251 e. The van der Waals surface area contributed by atoms with Crippen LogP contribution >= 0.6 is 11.6 Å². The summed E-state index contributed by atoms with van der Waals surface area (Å²) in [5.41, 5.74) is 0.539. The van der Waals surface area contributed by atoms with Crippen LogP contribution in [0.5, 0.6) is 0 Å². The Hall–Kier alpha value is -1.32. The van der Waals surface area contributed by atoms with Crippen LogP contribution in [-0.4, -0.2) is 52.6 Å². The molecule has 0 radical (unpaired) electrons. The summed E-state index contributed by atoms with van der Waals surface area (Å²) >= 11 is 6.15. The quantitative estimate of drug-likeness (QED) is 0.812. The number of carbonyl (C=O) groups is 1. The number of halogens is 1. The van der Waals surface area contributed by atoms with E-state index in [1.165, 1.54) is 22.5 Å². The molecule has 1 amide bonds. The summed E-state index contributed by atoms with van der Waals surface area (Å²) in [6.45, 7) is 0.327. The highest BCUT2D eigenvalue weighted by atomic mass is 35.5. The van der Waals surface area contributed by atoms with Crippen molar-refractivity contribution in [3.63, 3.8) is 0 Å². The van der Waals surface area contributed by atoms with Gasteiger partial charge >= 0.3 is 0 Å². The molecule has 2 aliphatic heterocycles. The number of nitrogens with zero attached hydrogens (tertiary/aromatic N) is 1. The Morgan fingerprint density at radius 2 is 1.92 bits per heavy atom. The second-order valence-electron chi connectivity index (χ2n) is 6.33. The highest BCUT2D eigenvalue weighted by Gasteiger charge is 2.30. The third-order valence-corrected chi connectivity index (χ3v) is 8.34. The van der Waals surface area contributed by atoms with Gasteiger partial charge in [-0.2, -0.15) is 0 Å². The van der Waals surface area contributed by atoms with Crippen molar-refractivity contribution in [2.24, 2.45) is 0 Å². The van der Waals surface area contributed by atoms with Gasteiger partial charge in [-0.15, -0.1) is 0 Å². The Morgan fingerprint density at radius 1 is 1.16 bits per heavy atom. The standard InChI is InChI=1S/C15H19ClN2O5S2/c16-13-4-3-11(15(19)17-12-5-8-24(20,21)10-12)9-14(13)18-6-1-2-7-25(18,22)23/h3-4,9,12H,1-2,5-8,10H2,(H,17,19)/t12-/m0/s1. The predicted molar refractivity (Wildman–Crippen MR) is 96.3 cm³/mol. The van der Waals surface area contributed by atoms with Crippen molar-refractivity contribution < 1.29 is 21.6 Å². The molecule has 7 nitrogen and oxygen atoms in total. The lowest BCUT2D eigenvalue weighted by Crippen LogP contribution is -2.38. The first-order valence-corrected chi connectivity index (χ1v) is 11.8. The number of anilines is 1. The summed E-state index contributed by atoms with van der Waals surface area (Å²) in [5.74, 6) is -0.385. The first-order chi connectivity index (χ1) is 11.7. The van der Waals surface area contributed by atoms with Gasteiger partial charge in [0.25, 0.3) is 5.91 Å². The van der Waals surface area contributed by atoms with Crippen LogP contribution in [0.4, 0.5) is 5.69 Å². The molecular weight excluding hydrogens is 388 g/mol. The smallest absolute Gasteiger partial charge is 0.251 e. The largest absolute Gasteiger partial charge is 0.348 e. The Balaban J connectivity index is 1.83. The Bertz CT molecular complexity index is 898. The SMILES string of the molecule is O=C(N[C@H]1CCS(=O)(=O)C1)c1ccc(Cl)c(N2CCCCS2(=O)=O)c1. The van der Waals surface area contributed by atoms with Crippen LogP contribution in [-0.2, 0) is 19.9 Å². The fourth-order valence-corrected chi connectivity index (χ4v) is 6.67. The van der Waals surface area contributed by atoms with E-state index in [2.05, 4.69) is 5.32 Å².